The van der Waals surface area contributed by atoms with E-state index in [2.05, 4.69) is 10.3 Å². The van der Waals surface area contributed by atoms with Gasteiger partial charge in [0.1, 0.15) is 5.75 Å². The summed E-state index contributed by atoms with van der Waals surface area (Å²) in [6.45, 7) is 1.66. The van der Waals surface area contributed by atoms with Crippen LogP contribution in [0, 0.1) is 0 Å². The third kappa shape index (κ3) is 5.51. The van der Waals surface area contributed by atoms with Crippen LogP contribution < -0.4 is 10.1 Å². The molecule has 37 heavy (non-hydrogen) atoms. The number of allylic oxidation sites excluding steroid dienone is 1. The molecule has 2 aromatic rings. The van der Waals surface area contributed by atoms with Gasteiger partial charge in [-0.15, -0.1) is 0 Å². The highest BCUT2D eigenvalue weighted by atomic mass is 32.2. The minimum Gasteiger partial charge on any atom is -0.496 e. The Kier molecular flexibility index (Phi) is 7.63. The van der Waals surface area contributed by atoms with Crippen molar-refractivity contribution in [2.24, 2.45) is 4.99 Å². The molecule has 2 aliphatic rings. The molecule has 2 aliphatic heterocycles. The monoisotopic (exact) mass is 531 g/mol. The lowest BCUT2D eigenvalue weighted by Gasteiger charge is -2.36. The summed E-state index contributed by atoms with van der Waals surface area (Å²) in [4.78, 5) is 32.0. The number of carbonyl (C=O) groups excluding carboxylic acids is 2. The number of carbonyl (C=O) groups is 2. The van der Waals surface area contributed by atoms with Crippen molar-refractivity contribution in [1.82, 2.24) is 10.2 Å². The van der Waals surface area contributed by atoms with E-state index in [9.17, 15) is 22.8 Å². The summed E-state index contributed by atoms with van der Waals surface area (Å²) in [5, 5.41) is 5.04. The molecule has 194 valence electrons. The van der Waals surface area contributed by atoms with Crippen LogP contribution in [0.25, 0.3) is 0 Å². The molecule has 0 aliphatic carbocycles. The summed E-state index contributed by atoms with van der Waals surface area (Å²) < 4.78 is 49.6. The van der Waals surface area contributed by atoms with Crippen LogP contribution in [0.15, 0.2) is 75.9 Å². The van der Waals surface area contributed by atoms with Crippen LogP contribution in [0.2, 0.25) is 0 Å². The summed E-state index contributed by atoms with van der Waals surface area (Å²) in [6.07, 6.45) is -4.55. The van der Waals surface area contributed by atoms with Crippen molar-refractivity contribution in [1.29, 1.82) is 0 Å². The lowest BCUT2D eigenvalue weighted by Crippen LogP contribution is -2.38. The van der Waals surface area contributed by atoms with Crippen molar-refractivity contribution in [3.8, 4) is 5.75 Å². The van der Waals surface area contributed by atoms with Crippen LogP contribution in [-0.4, -0.2) is 36.2 Å². The molecular formula is C26H24F3N3O4S. The molecular weight excluding hydrogens is 507 g/mol. The highest BCUT2D eigenvalue weighted by Crippen LogP contribution is 2.46. The van der Waals surface area contributed by atoms with E-state index in [0.717, 1.165) is 12.1 Å². The zero-order valence-electron chi connectivity index (χ0n) is 20.3. The molecule has 0 aromatic heterocycles. The molecule has 0 radical (unpaired) electrons. The highest BCUT2D eigenvalue weighted by Gasteiger charge is 2.42. The number of ether oxygens (including phenoxy) is 2. The zero-order chi connectivity index (χ0) is 26.7. The van der Waals surface area contributed by atoms with E-state index in [1.54, 1.807) is 23.3 Å². The maximum Gasteiger partial charge on any atom is 0.416 e. The molecule has 2 heterocycles. The van der Waals surface area contributed by atoms with Crippen LogP contribution in [0.5, 0.6) is 5.75 Å². The quantitative estimate of drug-likeness (QED) is 0.497. The van der Waals surface area contributed by atoms with Crippen LogP contribution in [0.1, 0.15) is 36.1 Å². The number of thioether (sulfide) groups is 1. The van der Waals surface area contributed by atoms with Crippen molar-refractivity contribution < 1.29 is 32.2 Å². The first-order valence-electron chi connectivity index (χ1n) is 11.2. The Bertz CT molecular complexity index is 1320. The zero-order valence-corrected chi connectivity index (χ0v) is 21.1. The van der Waals surface area contributed by atoms with Gasteiger partial charge in [-0.05, 0) is 36.1 Å². The van der Waals surface area contributed by atoms with Crippen molar-refractivity contribution in [2.45, 2.75) is 32.1 Å². The number of fused-ring (bicyclic) bond motifs is 1. The van der Waals surface area contributed by atoms with Crippen LogP contribution in [0.4, 0.5) is 13.2 Å². The molecule has 0 fully saturated rings. The van der Waals surface area contributed by atoms with Crippen molar-refractivity contribution in [3.63, 3.8) is 0 Å². The lowest BCUT2D eigenvalue weighted by molar-refractivity contribution is -0.138. The second-order valence-corrected chi connectivity index (χ2v) is 9.11. The van der Waals surface area contributed by atoms with Gasteiger partial charge in [0.05, 0.1) is 43.5 Å². The van der Waals surface area contributed by atoms with E-state index in [1.165, 1.54) is 38.1 Å². The lowest BCUT2D eigenvalue weighted by atomic mass is 9.93. The summed E-state index contributed by atoms with van der Waals surface area (Å²) in [5.74, 6) is -0.398. The fourth-order valence-electron chi connectivity index (χ4n) is 4.21. The summed E-state index contributed by atoms with van der Waals surface area (Å²) in [6, 6.07) is 11.4. The molecule has 7 nitrogen and oxygen atoms in total. The number of amides is 1. The molecule has 1 N–H and O–H groups in total. The average Bonchev–Trinajstić information content (AvgIpc) is 3.27. The number of esters is 1. The van der Waals surface area contributed by atoms with Crippen molar-refractivity contribution in [3.05, 3.63) is 87.6 Å². The Morgan fingerprint density at radius 3 is 2.59 bits per heavy atom. The Morgan fingerprint density at radius 2 is 1.89 bits per heavy atom. The number of amidine groups is 1. The standard InChI is InChI=1S/C26H24F3N3O4S/c1-15-22(24(34)36-3)23(19-9-4-5-10-20(19)35-2)32-18(14-37-25(32)31-15)12-21(33)30-13-16-7-6-8-17(11-16)26(27,28)29/h4-11,14,23H,12-13H2,1-3H3,(H,30,33). The number of aliphatic imine (C=N–C) groups is 1. The maximum absolute atomic E-state index is 13.0. The fraction of sp³-hybridized carbons (Fsp3) is 0.269. The summed E-state index contributed by atoms with van der Waals surface area (Å²) in [5.41, 5.74) is 1.63. The summed E-state index contributed by atoms with van der Waals surface area (Å²) >= 11 is 1.31. The Labute approximate surface area is 216 Å². The maximum atomic E-state index is 13.0. The molecule has 0 saturated carbocycles. The second-order valence-electron chi connectivity index (χ2n) is 8.28. The number of methoxy groups -OCH3 is 2. The predicted octanol–water partition coefficient (Wildman–Crippen LogP) is 5.17. The number of hydrogen-bond donors (Lipinski definition) is 1. The second kappa shape index (κ2) is 10.7. The third-order valence-electron chi connectivity index (χ3n) is 5.93. The average molecular weight is 532 g/mol. The molecule has 1 amide bonds. The normalized spacial score (nSPS) is 17.1. The number of alkyl halides is 3. The molecule has 11 heteroatoms. The van der Waals surface area contributed by atoms with Crippen LogP contribution in [-0.2, 0) is 27.0 Å². The van der Waals surface area contributed by atoms with E-state index >= 15 is 0 Å². The van der Waals surface area contributed by atoms with Gasteiger partial charge < -0.3 is 19.7 Å². The van der Waals surface area contributed by atoms with Gasteiger partial charge in [-0.1, -0.05) is 42.1 Å². The number of halogens is 3. The van der Waals surface area contributed by atoms with E-state index in [-0.39, 0.29) is 13.0 Å². The Balaban J connectivity index is 1.58. The van der Waals surface area contributed by atoms with E-state index in [0.29, 0.717) is 39.0 Å². The SMILES string of the molecule is COC(=O)C1=C(C)N=C2SC=C(CC(=O)NCc3cccc(C(F)(F)F)c3)N2C1c1ccccc1OC. The van der Waals surface area contributed by atoms with Gasteiger partial charge in [-0.3, -0.25) is 4.79 Å². The fourth-order valence-corrected chi connectivity index (χ4v) is 5.18. The van der Waals surface area contributed by atoms with Crippen molar-refractivity contribution in [2.75, 3.05) is 14.2 Å². The third-order valence-corrected chi connectivity index (χ3v) is 6.81. The molecule has 0 saturated heterocycles. The first kappa shape index (κ1) is 26.3. The first-order chi connectivity index (χ1) is 17.6. The van der Waals surface area contributed by atoms with E-state index in [1.807, 2.05) is 18.2 Å². The number of hydrogen-bond acceptors (Lipinski definition) is 7. The van der Waals surface area contributed by atoms with Gasteiger partial charge >= 0.3 is 12.1 Å². The van der Waals surface area contributed by atoms with Gasteiger partial charge in [-0.25, -0.2) is 9.79 Å². The Morgan fingerprint density at radius 1 is 1.14 bits per heavy atom. The number of rotatable bonds is 7. The number of benzene rings is 2. The molecule has 1 atom stereocenters. The molecule has 4 rings (SSSR count). The van der Waals surface area contributed by atoms with Gasteiger partial charge in [0, 0.05) is 17.8 Å². The molecule has 2 aromatic carbocycles. The van der Waals surface area contributed by atoms with E-state index in [4.69, 9.17) is 9.47 Å². The van der Waals surface area contributed by atoms with Gasteiger partial charge in [0.15, 0.2) is 5.17 Å². The number of nitrogens with one attached hydrogen (secondary N) is 1. The minimum absolute atomic E-state index is 0.0630. The minimum atomic E-state index is -4.47. The van der Waals surface area contributed by atoms with Gasteiger partial charge in [0.25, 0.3) is 0 Å². The van der Waals surface area contributed by atoms with Crippen LogP contribution in [0.3, 0.4) is 0 Å². The van der Waals surface area contributed by atoms with Crippen LogP contribution >= 0.6 is 11.8 Å². The molecule has 1 unspecified atom stereocenters. The Hall–Kier alpha value is -3.73. The molecule has 0 spiro atoms. The molecule has 0 bridgehead atoms. The van der Waals surface area contributed by atoms with Crippen molar-refractivity contribution >= 4 is 28.8 Å². The predicted molar refractivity (Wildman–Crippen MR) is 133 cm³/mol. The van der Waals surface area contributed by atoms with Gasteiger partial charge in [-0.2, -0.15) is 13.2 Å². The number of nitrogens with zero attached hydrogens (tertiary/aromatic N) is 2. The smallest absolute Gasteiger partial charge is 0.416 e. The highest BCUT2D eigenvalue weighted by molar-refractivity contribution is 8.16. The first-order valence-corrected chi connectivity index (χ1v) is 12.1. The largest absolute Gasteiger partial charge is 0.496 e. The topological polar surface area (TPSA) is 80.2 Å². The summed E-state index contributed by atoms with van der Waals surface area (Å²) in [7, 11) is 2.82. The van der Waals surface area contributed by atoms with Gasteiger partial charge in [0.2, 0.25) is 5.91 Å². The van der Waals surface area contributed by atoms with E-state index < -0.39 is 29.7 Å². The number of para-hydroxylation sites is 1.